The summed E-state index contributed by atoms with van der Waals surface area (Å²) in [5.74, 6) is 0.180. The molecule has 0 saturated carbocycles. The summed E-state index contributed by atoms with van der Waals surface area (Å²) < 4.78 is 10.7. The number of esters is 1. The molecule has 1 N–H and O–H groups in total. The minimum atomic E-state index is -0.708. The third-order valence-electron chi connectivity index (χ3n) is 3.71. The van der Waals surface area contributed by atoms with E-state index in [4.69, 9.17) is 9.47 Å². The van der Waals surface area contributed by atoms with Gasteiger partial charge in [0.25, 0.3) is 5.91 Å². The highest BCUT2D eigenvalue weighted by molar-refractivity contribution is 6.04. The van der Waals surface area contributed by atoms with Gasteiger partial charge in [-0.1, -0.05) is 32.0 Å². The second-order valence-corrected chi connectivity index (χ2v) is 6.58. The number of aryl methyl sites for hydroxylation is 1. The topological polar surface area (TPSA) is 64.6 Å². The zero-order chi connectivity index (χ0) is 19.1. The second kappa shape index (κ2) is 9.04. The van der Waals surface area contributed by atoms with Crippen LogP contribution < -0.4 is 10.1 Å². The number of nitrogens with one attached hydrogen (secondary N) is 1. The lowest BCUT2D eigenvalue weighted by Gasteiger charge is -2.15. The van der Waals surface area contributed by atoms with Crippen molar-refractivity contribution in [2.45, 2.75) is 33.8 Å². The van der Waals surface area contributed by atoms with Crippen LogP contribution in [0.3, 0.4) is 0 Å². The van der Waals surface area contributed by atoms with Gasteiger partial charge in [0.05, 0.1) is 6.61 Å². The first-order chi connectivity index (χ1) is 12.4. The Morgan fingerprint density at radius 2 is 1.65 bits per heavy atom. The Morgan fingerprint density at radius 1 is 1.00 bits per heavy atom. The van der Waals surface area contributed by atoms with E-state index in [1.54, 1.807) is 31.2 Å². The molecule has 1 amide bonds. The summed E-state index contributed by atoms with van der Waals surface area (Å²) in [6.07, 6.45) is -0.708. The Labute approximate surface area is 154 Å². The Kier molecular flexibility index (Phi) is 6.78. The van der Waals surface area contributed by atoms with Crippen LogP contribution in [0.4, 0.5) is 5.69 Å². The standard InChI is InChI=1S/C21H25NO4/c1-14(2)13-25-21(24)16(4)26-18-11-9-17(10-12-18)20(23)22-19-8-6-5-7-15(19)3/h5-12,14,16H,13H2,1-4H3,(H,22,23). The predicted octanol–water partition coefficient (Wildman–Crippen LogP) is 4.21. The van der Waals surface area contributed by atoms with Crippen LogP contribution in [0.5, 0.6) is 5.75 Å². The first-order valence-corrected chi connectivity index (χ1v) is 8.67. The van der Waals surface area contributed by atoms with E-state index in [2.05, 4.69) is 5.32 Å². The van der Waals surface area contributed by atoms with Crippen molar-refractivity contribution in [2.75, 3.05) is 11.9 Å². The number of carbonyl (C=O) groups excluding carboxylic acids is 2. The lowest BCUT2D eigenvalue weighted by Crippen LogP contribution is -2.27. The van der Waals surface area contributed by atoms with Crippen molar-refractivity contribution in [1.29, 1.82) is 0 Å². The lowest BCUT2D eigenvalue weighted by atomic mass is 10.1. The van der Waals surface area contributed by atoms with Gasteiger partial charge in [0, 0.05) is 11.3 Å². The number of hydrogen-bond acceptors (Lipinski definition) is 4. The summed E-state index contributed by atoms with van der Waals surface area (Å²) in [7, 11) is 0. The fraction of sp³-hybridized carbons (Fsp3) is 0.333. The van der Waals surface area contributed by atoms with Gasteiger partial charge in [-0.15, -0.1) is 0 Å². The van der Waals surface area contributed by atoms with E-state index in [1.807, 2.05) is 45.0 Å². The van der Waals surface area contributed by atoms with E-state index in [0.717, 1.165) is 11.3 Å². The minimum Gasteiger partial charge on any atom is -0.479 e. The summed E-state index contributed by atoms with van der Waals surface area (Å²) in [5, 5.41) is 2.88. The second-order valence-electron chi connectivity index (χ2n) is 6.58. The molecular formula is C21H25NO4. The first-order valence-electron chi connectivity index (χ1n) is 8.67. The molecule has 0 aliphatic heterocycles. The van der Waals surface area contributed by atoms with Crippen LogP contribution in [0, 0.1) is 12.8 Å². The van der Waals surface area contributed by atoms with Gasteiger partial charge in [0.15, 0.2) is 6.10 Å². The molecule has 0 aromatic heterocycles. The van der Waals surface area contributed by atoms with Crippen molar-refractivity contribution >= 4 is 17.6 Å². The van der Waals surface area contributed by atoms with Crippen LogP contribution >= 0.6 is 0 Å². The van der Waals surface area contributed by atoms with Gasteiger partial charge in [-0.25, -0.2) is 4.79 Å². The molecule has 5 nitrogen and oxygen atoms in total. The molecule has 0 heterocycles. The van der Waals surface area contributed by atoms with Crippen molar-refractivity contribution < 1.29 is 19.1 Å². The monoisotopic (exact) mass is 355 g/mol. The molecule has 2 rings (SSSR count). The van der Waals surface area contributed by atoms with Crippen LogP contribution in [0.1, 0.15) is 36.7 Å². The summed E-state index contributed by atoms with van der Waals surface area (Å²) in [6.45, 7) is 7.89. The van der Waals surface area contributed by atoms with Crippen molar-refractivity contribution in [1.82, 2.24) is 0 Å². The number of ether oxygens (including phenoxy) is 2. The molecule has 1 atom stereocenters. The highest BCUT2D eigenvalue weighted by Crippen LogP contribution is 2.18. The molecule has 0 fully saturated rings. The number of rotatable bonds is 7. The Morgan fingerprint density at radius 3 is 2.27 bits per heavy atom. The largest absolute Gasteiger partial charge is 0.479 e. The average Bonchev–Trinajstić information content (AvgIpc) is 2.62. The van der Waals surface area contributed by atoms with Gasteiger partial charge in [-0.2, -0.15) is 0 Å². The Hall–Kier alpha value is -2.82. The normalized spacial score (nSPS) is 11.7. The van der Waals surface area contributed by atoms with E-state index in [-0.39, 0.29) is 11.8 Å². The molecule has 5 heteroatoms. The minimum absolute atomic E-state index is 0.199. The number of para-hydroxylation sites is 1. The van der Waals surface area contributed by atoms with Gasteiger partial charge in [0.1, 0.15) is 5.75 Å². The summed E-state index contributed by atoms with van der Waals surface area (Å²) in [6, 6.07) is 14.2. The van der Waals surface area contributed by atoms with Gasteiger partial charge < -0.3 is 14.8 Å². The number of carbonyl (C=O) groups is 2. The third kappa shape index (κ3) is 5.62. The fourth-order valence-corrected chi connectivity index (χ4v) is 2.21. The van der Waals surface area contributed by atoms with Crippen molar-refractivity contribution in [3.63, 3.8) is 0 Å². The van der Waals surface area contributed by atoms with Crippen LogP contribution in [-0.2, 0) is 9.53 Å². The summed E-state index contributed by atoms with van der Waals surface area (Å²) in [4.78, 5) is 24.2. The maximum atomic E-state index is 12.3. The van der Waals surface area contributed by atoms with Gasteiger partial charge in [0.2, 0.25) is 0 Å². The lowest BCUT2D eigenvalue weighted by molar-refractivity contribution is -0.152. The van der Waals surface area contributed by atoms with Crippen LogP contribution in [0.25, 0.3) is 0 Å². The highest BCUT2D eigenvalue weighted by Gasteiger charge is 2.17. The van der Waals surface area contributed by atoms with Crippen LogP contribution in [0.2, 0.25) is 0 Å². The number of benzene rings is 2. The smallest absolute Gasteiger partial charge is 0.347 e. The van der Waals surface area contributed by atoms with E-state index >= 15 is 0 Å². The molecule has 26 heavy (non-hydrogen) atoms. The Bertz CT molecular complexity index is 753. The highest BCUT2D eigenvalue weighted by atomic mass is 16.6. The maximum absolute atomic E-state index is 12.3. The fourth-order valence-electron chi connectivity index (χ4n) is 2.21. The molecule has 138 valence electrons. The molecule has 1 unspecified atom stereocenters. The van der Waals surface area contributed by atoms with Crippen molar-refractivity contribution in [2.24, 2.45) is 5.92 Å². The van der Waals surface area contributed by atoms with Crippen molar-refractivity contribution in [3.8, 4) is 5.75 Å². The third-order valence-corrected chi connectivity index (χ3v) is 3.71. The zero-order valence-electron chi connectivity index (χ0n) is 15.6. The molecule has 0 saturated heterocycles. The molecule has 0 bridgehead atoms. The zero-order valence-corrected chi connectivity index (χ0v) is 15.6. The van der Waals surface area contributed by atoms with E-state index in [9.17, 15) is 9.59 Å². The summed E-state index contributed by atoms with van der Waals surface area (Å²) in [5.41, 5.74) is 2.28. The van der Waals surface area contributed by atoms with Crippen molar-refractivity contribution in [3.05, 3.63) is 59.7 Å². The maximum Gasteiger partial charge on any atom is 0.347 e. The average molecular weight is 355 g/mol. The number of hydrogen-bond donors (Lipinski definition) is 1. The van der Waals surface area contributed by atoms with E-state index in [0.29, 0.717) is 17.9 Å². The van der Waals surface area contributed by atoms with Gasteiger partial charge in [-0.05, 0) is 55.7 Å². The summed E-state index contributed by atoms with van der Waals surface area (Å²) >= 11 is 0. The molecule has 0 radical (unpaired) electrons. The molecule has 0 aliphatic carbocycles. The molecular weight excluding hydrogens is 330 g/mol. The molecule has 2 aromatic rings. The SMILES string of the molecule is Cc1ccccc1NC(=O)c1ccc(OC(C)C(=O)OCC(C)C)cc1. The molecule has 2 aromatic carbocycles. The van der Waals surface area contributed by atoms with Crippen LogP contribution in [0.15, 0.2) is 48.5 Å². The number of amides is 1. The quantitative estimate of drug-likeness (QED) is 0.756. The first kappa shape index (κ1) is 19.5. The van der Waals surface area contributed by atoms with Gasteiger partial charge >= 0.3 is 5.97 Å². The molecule has 0 aliphatic rings. The van der Waals surface area contributed by atoms with E-state index in [1.165, 1.54) is 0 Å². The van der Waals surface area contributed by atoms with E-state index < -0.39 is 12.1 Å². The molecule has 0 spiro atoms. The number of anilines is 1. The van der Waals surface area contributed by atoms with Crippen LogP contribution in [-0.4, -0.2) is 24.6 Å². The van der Waals surface area contributed by atoms with Gasteiger partial charge in [-0.3, -0.25) is 4.79 Å². The Balaban J connectivity index is 1.94. The predicted molar refractivity (Wildman–Crippen MR) is 101 cm³/mol.